The maximum atomic E-state index is 14.1. The van der Waals surface area contributed by atoms with Crippen LogP contribution in [0.2, 0.25) is 0 Å². The molecule has 4 aliphatic rings. The third-order valence-electron chi connectivity index (χ3n) is 15.6. The highest BCUT2D eigenvalue weighted by molar-refractivity contribution is 5.89. The number of aromatic nitrogens is 4. The Morgan fingerprint density at radius 1 is 0.746 bits per heavy atom. The highest BCUT2D eigenvalue weighted by Gasteiger charge is 2.44. The molecule has 14 nitrogen and oxygen atoms in total. The number of imidazole rings is 2. The minimum atomic E-state index is -0.704. The van der Waals surface area contributed by atoms with Crippen LogP contribution in [0, 0.1) is 17.8 Å². The number of H-pyrrole nitrogens is 2. The number of carbonyl (C=O) groups is 4. The number of hydrogen-bond acceptors (Lipinski definition) is 8. The third-order valence-corrected chi connectivity index (χ3v) is 15.6. The van der Waals surface area contributed by atoms with Crippen molar-refractivity contribution in [3.8, 4) is 33.5 Å². The quantitative estimate of drug-likeness (QED) is 0.0903. The summed E-state index contributed by atoms with van der Waals surface area (Å²) < 4.78 is 9.73. The predicted octanol–water partition coefficient (Wildman–Crippen LogP) is 10.2. The first-order chi connectivity index (χ1) is 32.3. The summed E-state index contributed by atoms with van der Waals surface area (Å²) in [4.78, 5) is 73.5. The van der Waals surface area contributed by atoms with Crippen molar-refractivity contribution in [2.24, 2.45) is 17.8 Å². The van der Waals surface area contributed by atoms with Gasteiger partial charge in [-0.2, -0.15) is 0 Å². The van der Waals surface area contributed by atoms with E-state index in [9.17, 15) is 19.2 Å². The van der Waals surface area contributed by atoms with Crippen LogP contribution in [0.15, 0.2) is 60.8 Å². The Hall–Kier alpha value is -6.18. The van der Waals surface area contributed by atoms with Gasteiger partial charge in [0, 0.05) is 12.6 Å². The molecule has 5 aromatic rings. The van der Waals surface area contributed by atoms with Gasteiger partial charge in [-0.25, -0.2) is 19.6 Å². The molecule has 2 aromatic heterocycles. The van der Waals surface area contributed by atoms with Crippen molar-refractivity contribution >= 4 is 35.0 Å². The molecule has 2 aliphatic heterocycles. The number of nitrogens with zero attached hydrogens (tertiary/aromatic N) is 4. The van der Waals surface area contributed by atoms with Gasteiger partial charge < -0.3 is 39.9 Å². The van der Waals surface area contributed by atoms with E-state index < -0.39 is 24.3 Å². The number of ether oxygens (including phenoxy) is 2. The lowest BCUT2D eigenvalue weighted by molar-refractivity contribution is -0.137. The van der Waals surface area contributed by atoms with Crippen molar-refractivity contribution in [2.45, 2.75) is 135 Å². The molecule has 4 amide bonds. The minimum Gasteiger partial charge on any atom is -0.453 e. The molecular formula is C53H66N8O6. The first kappa shape index (κ1) is 46.0. The zero-order valence-corrected chi connectivity index (χ0v) is 40.1. The van der Waals surface area contributed by atoms with Crippen LogP contribution >= 0.6 is 0 Å². The molecule has 2 aliphatic carbocycles. The molecule has 4 heterocycles. The highest BCUT2D eigenvalue weighted by atomic mass is 16.5. The van der Waals surface area contributed by atoms with E-state index in [1.807, 2.05) is 43.7 Å². The number of alkyl carbamates (subject to hydrolysis) is 2. The molecule has 0 radical (unpaired) electrons. The Kier molecular flexibility index (Phi) is 12.9. The summed E-state index contributed by atoms with van der Waals surface area (Å²) in [6, 6.07) is 18.0. The van der Waals surface area contributed by atoms with Crippen LogP contribution in [0.1, 0.15) is 140 Å². The average molecular weight is 911 g/mol. The molecule has 3 aromatic carbocycles. The van der Waals surface area contributed by atoms with Gasteiger partial charge in [0.1, 0.15) is 23.7 Å². The maximum absolute atomic E-state index is 14.1. The molecule has 9 rings (SSSR count). The second-order valence-electron chi connectivity index (χ2n) is 19.9. The number of rotatable bonds is 13. The van der Waals surface area contributed by atoms with Gasteiger partial charge in [0.15, 0.2) is 0 Å². The van der Waals surface area contributed by atoms with Crippen LogP contribution in [0.5, 0.6) is 0 Å². The van der Waals surface area contributed by atoms with E-state index in [-0.39, 0.29) is 41.8 Å². The fourth-order valence-electron chi connectivity index (χ4n) is 11.6. The summed E-state index contributed by atoms with van der Waals surface area (Å²) >= 11 is 0. The lowest BCUT2D eigenvalue weighted by Crippen LogP contribution is -2.52. The molecule has 0 spiro atoms. The largest absolute Gasteiger partial charge is 0.453 e. The van der Waals surface area contributed by atoms with E-state index in [1.54, 1.807) is 0 Å². The monoisotopic (exact) mass is 911 g/mol. The number of likely N-dealkylation sites (tertiary alicyclic amines) is 2. The first-order valence-corrected chi connectivity index (χ1v) is 24.5. The number of hydrogen-bond donors (Lipinski definition) is 4. The molecular weight excluding hydrogens is 845 g/mol. The Bertz CT molecular complexity index is 2650. The molecule has 14 heteroatoms. The van der Waals surface area contributed by atoms with Crippen molar-refractivity contribution in [1.29, 1.82) is 0 Å². The average Bonchev–Trinajstić information content (AvgIpc) is 4.22. The number of amides is 4. The number of fused-ring (bicyclic) bond motifs is 6. The predicted molar refractivity (Wildman–Crippen MR) is 258 cm³/mol. The summed E-state index contributed by atoms with van der Waals surface area (Å²) in [7, 11) is 2.63. The van der Waals surface area contributed by atoms with Crippen molar-refractivity contribution < 1.29 is 28.7 Å². The number of nitrogens with one attached hydrogen (secondary N) is 4. The van der Waals surface area contributed by atoms with Crippen LogP contribution < -0.4 is 10.6 Å². The molecule has 4 unspecified atom stereocenters. The number of aromatic amines is 2. The van der Waals surface area contributed by atoms with Crippen LogP contribution in [-0.2, 0) is 19.1 Å². The Labute approximate surface area is 393 Å². The fraction of sp³-hybridized carbons (Fsp3) is 0.509. The van der Waals surface area contributed by atoms with Gasteiger partial charge in [0.05, 0.1) is 49.2 Å². The summed E-state index contributed by atoms with van der Waals surface area (Å²) in [5.74, 6) is 2.49. The van der Waals surface area contributed by atoms with Gasteiger partial charge in [0.25, 0.3) is 0 Å². The molecule has 4 N–H and O–H groups in total. The number of benzene rings is 3. The molecule has 2 bridgehead atoms. The molecule has 354 valence electrons. The van der Waals surface area contributed by atoms with Crippen molar-refractivity contribution in [2.75, 3.05) is 20.8 Å². The smallest absolute Gasteiger partial charge is 0.407 e. The summed E-state index contributed by atoms with van der Waals surface area (Å²) in [5, 5.41) is 5.57. The highest BCUT2D eigenvalue weighted by Crippen LogP contribution is 2.58. The first-order valence-electron chi connectivity index (χ1n) is 24.5. The van der Waals surface area contributed by atoms with Gasteiger partial charge in [-0.15, -0.1) is 0 Å². The normalized spacial score (nSPS) is 23.4. The zero-order chi connectivity index (χ0) is 47.3. The van der Waals surface area contributed by atoms with E-state index >= 15 is 0 Å². The van der Waals surface area contributed by atoms with E-state index in [2.05, 4.69) is 89.0 Å². The third kappa shape index (κ3) is 8.56. The Morgan fingerprint density at radius 2 is 1.39 bits per heavy atom. The summed E-state index contributed by atoms with van der Waals surface area (Å²) in [5.41, 5.74) is 11.5. The maximum Gasteiger partial charge on any atom is 0.407 e. The number of carbonyl (C=O) groups excluding carboxylic acids is 4. The van der Waals surface area contributed by atoms with Gasteiger partial charge in [-0.1, -0.05) is 89.9 Å². The van der Waals surface area contributed by atoms with E-state index in [4.69, 9.17) is 19.4 Å². The fourth-order valence-corrected chi connectivity index (χ4v) is 11.6. The van der Waals surface area contributed by atoms with Crippen molar-refractivity contribution in [1.82, 2.24) is 40.4 Å². The standard InChI is InChI=1S/C53H66N8O6/c1-9-29(5)47(59-53(65)67-8)50(62)60-27-31(10-2)23-43(60)48-54-26-41(57-48)33-14-12-32(13-15-33)37-19-20-38(45-36-17-16-35(24-36)44(37)45)34-18-21-39-40(25-34)56-49(55-39)42-22-11-30(6)61(42)51(63)46(28(3)4)58-52(64)66-7/h12-15,18-21,25-26,28-31,35-36,42-43,46-47H,9-11,16-17,22-24,27H2,1-8H3,(H,54,57)(H,55,56)(H,58,64)(H,59,65)/t29?,30-,31?,35?,36?,42-,43-,46-,47-/m0/s1. The van der Waals surface area contributed by atoms with E-state index in [1.165, 1.54) is 61.3 Å². The topological polar surface area (TPSA) is 175 Å². The molecule has 9 atom stereocenters. The lowest BCUT2D eigenvalue weighted by atomic mass is 9.81. The second kappa shape index (κ2) is 18.8. The molecule has 1 saturated carbocycles. The van der Waals surface area contributed by atoms with Crippen LogP contribution in [0.25, 0.3) is 44.5 Å². The number of methoxy groups -OCH3 is 2. The molecule has 67 heavy (non-hydrogen) atoms. The molecule has 3 fully saturated rings. The van der Waals surface area contributed by atoms with Crippen LogP contribution in [0.4, 0.5) is 9.59 Å². The minimum absolute atomic E-state index is 0.00101. The van der Waals surface area contributed by atoms with Gasteiger partial charge in [-0.3, -0.25) is 9.59 Å². The van der Waals surface area contributed by atoms with E-state index in [0.717, 1.165) is 71.6 Å². The van der Waals surface area contributed by atoms with E-state index in [0.29, 0.717) is 24.3 Å². The van der Waals surface area contributed by atoms with Crippen LogP contribution in [0.3, 0.4) is 0 Å². The Balaban J connectivity index is 0.961. The van der Waals surface area contributed by atoms with Gasteiger partial charge in [-0.05, 0) is 126 Å². The van der Waals surface area contributed by atoms with Gasteiger partial charge in [0.2, 0.25) is 11.8 Å². The van der Waals surface area contributed by atoms with Gasteiger partial charge >= 0.3 is 12.2 Å². The van der Waals surface area contributed by atoms with Crippen molar-refractivity contribution in [3.63, 3.8) is 0 Å². The zero-order valence-electron chi connectivity index (χ0n) is 40.1. The summed E-state index contributed by atoms with van der Waals surface area (Å²) in [6.45, 7) is 12.7. The lowest BCUT2D eigenvalue weighted by Gasteiger charge is -2.32. The summed E-state index contributed by atoms with van der Waals surface area (Å²) in [6.07, 6.45) is 8.32. The SMILES string of the molecule is CCC1C[C@@H](c2ncc(-c3ccc(-c4ccc(-c5ccc6[nH]c([C@@H]7CC[C@H](C)N7C(=O)[C@@H](NC(=O)OC)C(C)C)nc6c5)c5c4C4CCC5C4)cc3)[nH]2)N(C(=O)[C@@H](NC(=O)OC)C(C)CC)C1. The Morgan fingerprint density at radius 3 is 2.03 bits per heavy atom. The molecule has 2 saturated heterocycles. The van der Waals surface area contributed by atoms with Crippen molar-refractivity contribution in [3.05, 3.63) is 83.6 Å². The van der Waals surface area contributed by atoms with Crippen LogP contribution in [-0.4, -0.2) is 92.6 Å². The second-order valence-corrected chi connectivity index (χ2v) is 19.9.